The summed E-state index contributed by atoms with van der Waals surface area (Å²) in [4.78, 5) is 12.0. The molecule has 3 rings (SSSR count). The normalized spacial score (nSPS) is 15.2. The first-order valence-electron chi connectivity index (χ1n) is 9.06. The van der Waals surface area contributed by atoms with E-state index >= 15 is 0 Å². The van der Waals surface area contributed by atoms with Crippen molar-refractivity contribution in [2.45, 2.75) is 24.9 Å². The summed E-state index contributed by atoms with van der Waals surface area (Å²) in [6, 6.07) is 9.38. The third-order valence-electron chi connectivity index (χ3n) is 4.41. The van der Waals surface area contributed by atoms with E-state index in [1.54, 1.807) is 30.3 Å². The summed E-state index contributed by atoms with van der Waals surface area (Å²) in [5.41, 5.74) is -0.596. The van der Waals surface area contributed by atoms with Crippen LogP contribution in [0.15, 0.2) is 42.5 Å². The first kappa shape index (κ1) is 21.7. The average molecular weight is 427 g/mol. The van der Waals surface area contributed by atoms with Crippen molar-refractivity contribution in [2.75, 3.05) is 19.8 Å². The fourth-order valence-electron chi connectivity index (χ4n) is 2.93. The molecule has 162 valence electrons. The van der Waals surface area contributed by atoms with Gasteiger partial charge in [-0.25, -0.2) is 4.79 Å². The molecule has 0 fully saturated rings. The largest absolute Gasteiger partial charge is 0.486 e. The highest BCUT2D eigenvalue weighted by atomic mass is 19.4. The number of carbonyl (C=O) groups excluding carboxylic acids is 1. The fourth-order valence-corrected chi connectivity index (χ4v) is 2.93. The number of fused-ring (bicyclic) bond motifs is 1. The maximum Gasteiger partial charge on any atom is 0.420 e. The van der Waals surface area contributed by atoms with Gasteiger partial charge in [-0.1, -0.05) is 30.3 Å². The molecule has 0 radical (unpaired) electrons. The van der Waals surface area contributed by atoms with Crippen LogP contribution in [-0.2, 0) is 17.5 Å². The molecule has 30 heavy (non-hydrogen) atoms. The number of hydrogen-bond donors (Lipinski definition) is 3. The number of ether oxygens (including phenoxy) is 3. The molecule has 0 aliphatic carbocycles. The Hall–Kier alpha value is -2.98. The summed E-state index contributed by atoms with van der Waals surface area (Å²) in [6.45, 7) is -0.774. The Labute approximate surface area is 170 Å². The molecule has 0 saturated carbocycles. The van der Waals surface area contributed by atoms with Crippen LogP contribution >= 0.6 is 0 Å². The van der Waals surface area contributed by atoms with Crippen molar-refractivity contribution in [3.63, 3.8) is 0 Å². The van der Waals surface area contributed by atoms with Gasteiger partial charge in [-0.3, -0.25) is 0 Å². The van der Waals surface area contributed by atoms with E-state index in [1.165, 1.54) is 6.07 Å². The van der Waals surface area contributed by atoms with Crippen LogP contribution in [0.1, 0.15) is 22.8 Å². The SMILES string of the molecule is O=C(N[C@H](CO)[C@H](O)c1cc2c(c(C(F)(F)F)c1)OCCO2)OCc1ccccc1. The zero-order valence-corrected chi connectivity index (χ0v) is 15.7. The molecule has 2 aromatic rings. The minimum absolute atomic E-state index is 0.0357. The molecule has 0 bridgehead atoms. The van der Waals surface area contributed by atoms with E-state index in [1.807, 2.05) is 0 Å². The van der Waals surface area contributed by atoms with E-state index in [9.17, 15) is 28.2 Å². The van der Waals surface area contributed by atoms with Crippen LogP contribution in [0.4, 0.5) is 18.0 Å². The lowest BCUT2D eigenvalue weighted by atomic mass is 9.99. The number of aliphatic hydroxyl groups is 2. The Morgan fingerprint density at radius 1 is 1.17 bits per heavy atom. The second-order valence-electron chi connectivity index (χ2n) is 6.53. The fraction of sp³-hybridized carbons (Fsp3) is 0.350. The molecular weight excluding hydrogens is 407 g/mol. The van der Waals surface area contributed by atoms with Gasteiger partial charge < -0.3 is 29.7 Å². The van der Waals surface area contributed by atoms with Gasteiger partial charge in [-0.2, -0.15) is 13.2 Å². The number of alkyl halides is 3. The highest BCUT2D eigenvalue weighted by Gasteiger charge is 2.38. The lowest BCUT2D eigenvalue weighted by Crippen LogP contribution is -2.42. The molecule has 1 aliphatic heterocycles. The predicted octanol–water partition coefficient (Wildman–Crippen LogP) is 2.80. The quantitative estimate of drug-likeness (QED) is 0.656. The first-order chi connectivity index (χ1) is 14.3. The molecule has 1 amide bonds. The average Bonchev–Trinajstić information content (AvgIpc) is 2.74. The number of halogens is 3. The standard InChI is InChI=1S/C20H20F3NO6/c21-20(22,23)14-8-13(9-16-18(14)29-7-6-28-16)17(26)15(10-25)24-19(27)30-11-12-4-2-1-3-5-12/h1-5,8-9,15,17,25-26H,6-7,10-11H2,(H,24,27)/t15-,17-/m1/s1. The van der Waals surface area contributed by atoms with Gasteiger partial charge in [0.1, 0.15) is 31.5 Å². The van der Waals surface area contributed by atoms with Crippen LogP contribution in [0.2, 0.25) is 0 Å². The third-order valence-corrected chi connectivity index (χ3v) is 4.41. The van der Waals surface area contributed by atoms with Crippen molar-refractivity contribution in [3.05, 3.63) is 59.2 Å². The van der Waals surface area contributed by atoms with Gasteiger partial charge in [-0.15, -0.1) is 0 Å². The van der Waals surface area contributed by atoms with Crippen LogP contribution < -0.4 is 14.8 Å². The van der Waals surface area contributed by atoms with E-state index in [-0.39, 0.29) is 31.1 Å². The summed E-state index contributed by atoms with van der Waals surface area (Å²) in [5, 5.41) is 22.3. The van der Waals surface area contributed by atoms with Gasteiger partial charge in [0.15, 0.2) is 11.5 Å². The van der Waals surface area contributed by atoms with E-state index in [0.717, 1.165) is 5.56 Å². The lowest BCUT2D eigenvalue weighted by Gasteiger charge is -2.26. The molecule has 0 aromatic heterocycles. The molecule has 10 heteroatoms. The van der Waals surface area contributed by atoms with Crippen molar-refractivity contribution in [2.24, 2.45) is 0 Å². The molecule has 0 spiro atoms. The smallest absolute Gasteiger partial charge is 0.420 e. The second kappa shape index (κ2) is 9.23. The highest BCUT2D eigenvalue weighted by Crippen LogP contribution is 2.45. The van der Waals surface area contributed by atoms with Gasteiger partial charge >= 0.3 is 12.3 Å². The van der Waals surface area contributed by atoms with Gasteiger partial charge in [0.2, 0.25) is 0 Å². The van der Waals surface area contributed by atoms with Crippen molar-refractivity contribution in [3.8, 4) is 11.5 Å². The minimum Gasteiger partial charge on any atom is -0.486 e. The van der Waals surface area contributed by atoms with Crippen molar-refractivity contribution in [1.29, 1.82) is 0 Å². The highest BCUT2D eigenvalue weighted by molar-refractivity contribution is 5.67. The molecule has 1 heterocycles. The van der Waals surface area contributed by atoms with Crippen LogP contribution in [0.25, 0.3) is 0 Å². The number of aliphatic hydroxyl groups excluding tert-OH is 2. The topological polar surface area (TPSA) is 97.3 Å². The summed E-state index contributed by atoms with van der Waals surface area (Å²) < 4.78 is 55.6. The zero-order valence-electron chi connectivity index (χ0n) is 15.7. The number of hydrogen-bond acceptors (Lipinski definition) is 6. The molecule has 2 aromatic carbocycles. The molecule has 2 atom stereocenters. The lowest BCUT2D eigenvalue weighted by molar-refractivity contribution is -0.139. The summed E-state index contributed by atoms with van der Waals surface area (Å²) in [6.07, 6.45) is -7.35. The maximum atomic E-state index is 13.4. The van der Waals surface area contributed by atoms with E-state index < -0.39 is 42.3 Å². The number of alkyl carbamates (subject to hydrolysis) is 1. The Bertz CT molecular complexity index is 875. The van der Waals surface area contributed by atoms with Crippen LogP contribution in [0.3, 0.4) is 0 Å². The first-order valence-corrected chi connectivity index (χ1v) is 9.06. The Kier molecular flexibility index (Phi) is 6.68. The van der Waals surface area contributed by atoms with Crippen molar-refractivity contribution >= 4 is 6.09 Å². The number of nitrogens with one attached hydrogen (secondary N) is 1. The van der Waals surface area contributed by atoms with Gasteiger partial charge in [0.25, 0.3) is 0 Å². The molecule has 0 saturated heterocycles. The van der Waals surface area contributed by atoms with Gasteiger partial charge in [-0.05, 0) is 23.3 Å². The van der Waals surface area contributed by atoms with Gasteiger partial charge in [0.05, 0.1) is 12.6 Å². The molecule has 3 N–H and O–H groups in total. The Balaban J connectivity index is 1.74. The molecule has 0 unspecified atom stereocenters. The summed E-state index contributed by atoms with van der Waals surface area (Å²) in [5.74, 6) is -0.631. The molecule has 7 nitrogen and oxygen atoms in total. The molecule has 1 aliphatic rings. The van der Waals surface area contributed by atoms with Crippen LogP contribution in [0, 0.1) is 0 Å². The monoisotopic (exact) mass is 427 g/mol. The van der Waals surface area contributed by atoms with E-state index in [0.29, 0.717) is 6.07 Å². The zero-order chi connectivity index (χ0) is 21.7. The summed E-state index contributed by atoms with van der Waals surface area (Å²) >= 11 is 0. The maximum absolute atomic E-state index is 13.4. The van der Waals surface area contributed by atoms with E-state index in [4.69, 9.17) is 14.2 Å². The van der Waals surface area contributed by atoms with Crippen LogP contribution in [-0.4, -0.2) is 42.2 Å². The minimum atomic E-state index is -4.75. The predicted molar refractivity (Wildman–Crippen MR) is 98.0 cm³/mol. The van der Waals surface area contributed by atoms with Crippen molar-refractivity contribution < 1.29 is 42.4 Å². The Morgan fingerprint density at radius 2 is 1.87 bits per heavy atom. The summed E-state index contributed by atoms with van der Waals surface area (Å²) in [7, 11) is 0. The van der Waals surface area contributed by atoms with E-state index in [2.05, 4.69) is 5.32 Å². The van der Waals surface area contributed by atoms with Crippen molar-refractivity contribution in [1.82, 2.24) is 5.32 Å². The number of benzene rings is 2. The molecular formula is C20H20F3NO6. The number of amides is 1. The van der Waals surface area contributed by atoms with Gasteiger partial charge in [0, 0.05) is 0 Å². The number of rotatable bonds is 6. The third kappa shape index (κ3) is 5.14. The number of carbonyl (C=O) groups is 1. The Morgan fingerprint density at radius 3 is 2.53 bits per heavy atom. The van der Waals surface area contributed by atoms with Crippen LogP contribution in [0.5, 0.6) is 11.5 Å². The second-order valence-corrected chi connectivity index (χ2v) is 6.53.